The lowest BCUT2D eigenvalue weighted by atomic mass is 10.0. The predicted molar refractivity (Wildman–Crippen MR) is 90.8 cm³/mol. The quantitative estimate of drug-likeness (QED) is 0.615. The molecule has 138 valence electrons. The number of carbonyl (C=O) groups is 2. The molecule has 0 saturated carbocycles. The zero-order chi connectivity index (χ0) is 17.9. The van der Waals surface area contributed by atoms with E-state index < -0.39 is 10.0 Å². The highest BCUT2D eigenvalue weighted by Gasteiger charge is 2.44. The van der Waals surface area contributed by atoms with Gasteiger partial charge in [-0.1, -0.05) is 0 Å². The van der Waals surface area contributed by atoms with Crippen LogP contribution in [0.25, 0.3) is 0 Å². The Bertz CT molecular complexity index is 576. The van der Waals surface area contributed by atoms with E-state index in [1.54, 1.807) is 4.90 Å². The summed E-state index contributed by atoms with van der Waals surface area (Å²) in [6.07, 6.45) is 2.71. The summed E-state index contributed by atoms with van der Waals surface area (Å²) in [5, 5.41) is 2.89. The molecule has 0 aromatic carbocycles. The average Bonchev–Trinajstić information content (AvgIpc) is 2.90. The van der Waals surface area contributed by atoms with E-state index in [4.69, 9.17) is 0 Å². The van der Waals surface area contributed by atoms with Gasteiger partial charge in [-0.3, -0.25) is 14.5 Å². The molecule has 2 aliphatic rings. The normalized spacial score (nSPS) is 27.6. The van der Waals surface area contributed by atoms with Crippen LogP contribution in [-0.2, 0) is 19.6 Å². The summed E-state index contributed by atoms with van der Waals surface area (Å²) in [7, 11) is -3.30. The topological polar surface area (TPSA) is 98.8 Å². The van der Waals surface area contributed by atoms with Crippen LogP contribution in [0.5, 0.6) is 0 Å². The first-order valence-electron chi connectivity index (χ1n) is 8.53. The molecule has 0 spiro atoms. The SMILES string of the molecule is CCN(CC)C(=O)CC[C@@H]1CNC(=O)[C@@H]2C[C@H](NS(C)(=O)=O)CN12. The fourth-order valence-corrected chi connectivity index (χ4v) is 4.43. The molecule has 0 bridgehead atoms. The number of fused-ring (bicyclic) bond motifs is 1. The molecule has 2 amide bonds. The molecule has 3 atom stereocenters. The third-order valence-electron chi connectivity index (χ3n) is 4.81. The van der Waals surface area contributed by atoms with Gasteiger partial charge in [0.05, 0.1) is 12.3 Å². The Hall–Kier alpha value is -1.19. The predicted octanol–water partition coefficient (Wildman–Crippen LogP) is -0.874. The van der Waals surface area contributed by atoms with Gasteiger partial charge in [0.25, 0.3) is 0 Å². The van der Waals surface area contributed by atoms with Crippen molar-refractivity contribution in [1.82, 2.24) is 19.8 Å². The van der Waals surface area contributed by atoms with E-state index in [9.17, 15) is 18.0 Å². The van der Waals surface area contributed by atoms with Crippen LogP contribution in [0.2, 0.25) is 0 Å². The van der Waals surface area contributed by atoms with Crippen molar-refractivity contribution in [2.75, 3.05) is 32.4 Å². The van der Waals surface area contributed by atoms with Crippen molar-refractivity contribution in [3.63, 3.8) is 0 Å². The molecule has 0 aromatic rings. The maximum absolute atomic E-state index is 12.2. The average molecular weight is 360 g/mol. The van der Waals surface area contributed by atoms with E-state index in [0.717, 1.165) is 6.26 Å². The van der Waals surface area contributed by atoms with Gasteiger partial charge in [-0.15, -0.1) is 0 Å². The van der Waals surface area contributed by atoms with Gasteiger partial charge in [-0.2, -0.15) is 0 Å². The first kappa shape index (κ1) is 19.1. The molecule has 2 heterocycles. The first-order chi connectivity index (χ1) is 11.2. The van der Waals surface area contributed by atoms with Crippen LogP contribution in [0.3, 0.4) is 0 Å². The van der Waals surface area contributed by atoms with Crippen molar-refractivity contribution in [2.45, 2.75) is 51.2 Å². The molecule has 9 heteroatoms. The summed E-state index contributed by atoms with van der Waals surface area (Å²) < 4.78 is 25.5. The Balaban J connectivity index is 1.97. The lowest BCUT2D eigenvalue weighted by Crippen LogP contribution is -2.58. The standard InChI is InChI=1S/C15H28N4O4S/c1-4-18(5-2)14(20)7-6-12-9-16-15(21)13-8-11(10-19(12)13)17-24(3,22)23/h11-13,17H,4-10H2,1-3H3,(H,16,21)/t11-,12+,13-/m0/s1. The molecule has 2 N–H and O–H groups in total. The number of rotatable bonds is 7. The minimum atomic E-state index is -3.30. The lowest BCUT2D eigenvalue weighted by Gasteiger charge is -2.37. The van der Waals surface area contributed by atoms with Crippen molar-refractivity contribution in [2.24, 2.45) is 0 Å². The molecule has 8 nitrogen and oxygen atoms in total. The largest absolute Gasteiger partial charge is 0.353 e. The van der Waals surface area contributed by atoms with Crippen molar-refractivity contribution in [3.8, 4) is 0 Å². The first-order valence-corrected chi connectivity index (χ1v) is 10.4. The minimum absolute atomic E-state index is 0.0564. The third kappa shape index (κ3) is 4.67. The van der Waals surface area contributed by atoms with Gasteiger partial charge in [-0.25, -0.2) is 13.1 Å². The summed E-state index contributed by atoms with van der Waals surface area (Å²) in [6.45, 7) is 6.33. The van der Waals surface area contributed by atoms with E-state index in [-0.39, 0.29) is 29.9 Å². The smallest absolute Gasteiger partial charge is 0.237 e. The fourth-order valence-electron chi connectivity index (χ4n) is 3.66. The van der Waals surface area contributed by atoms with Crippen molar-refractivity contribution in [3.05, 3.63) is 0 Å². The Labute approximate surface area is 144 Å². The number of piperazine rings is 1. The highest BCUT2D eigenvalue weighted by Crippen LogP contribution is 2.26. The summed E-state index contributed by atoms with van der Waals surface area (Å²) >= 11 is 0. The summed E-state index contributed by atoms with van der Waals surface area (Å²) in [6, 6.07) is -0.500. The van der Waals surface area contributed by atoms with Gasteiger partial charge in [0.15, 0.2) is 0 Å². The van der Waals surface area contributed by atoms with E-state index in [1.807, 2.05) is 13.8 Å². The molecule has 24 heavy (non-hydrogen) atoms. The fraction of sp³-hybridized carbons (Fsp3) is 0.867. The molecule has 0 aliphatic carbocycles. The van der Waals surface area contributed by atoms with Gasteiger partial charge in [0, 0.05) is 44.7 Å². The third-order valence-corrected chi connectivity index (χ3v) is 5.57. The van der Waals surface area contributed by atoms with Crippen molar-refractivity contribution >= 4 is 21.8 Å². The molecule has 0 radical (unpaired) electrons. The van der Waals surface area contributed by atoms with Crippen molar-refractivity contribution in [1.29, 1.82) is 0 Å². The molecular formula is C15H28N4O4S. The Morgan fingerprint density at radius 3 is 2.62 bits per heavy atom. The van der Waals surface area contributed by atoms with E-state index >= 15 is 0 Å². The van der Waals surface area contributed by atoms with Crippen LogP contribution in [0.15, 0.2) is 0 Å². The number of nitrogens with zero attached hydrogens (tertiary/aromatic N) is 2. The highest BCUT2D eigenvalue weighted by molar-refractivity contribution is 7.88. The monoisotopic (exact) mass is 360 g/mol. The Morgan fingerprint density at radius 2 is 2.04 bits per heavy atom. The minimum Gasteiger partial charge on any atom is -0.353 e. The molecule has 2 aliphatic heterocycles. The zero-order valence-electron chi connectivity index (χ0n) is 14.6. The molecule has 2 rings (SSSR count). The second-order valence-electron chi connectivity index (χ2n) is 6.54. The zero-order valence-corrected chi connectivity index (χ0v) is 15.4. The second-order valence-corrected chi connectivity index (χ2v) is 8.32. The summed E-state index contributed by atoms with van der Waals surface area (Å²) in [4.78, 5) is 28.1. The summed E-state index contributed by atoms with van der Waals surface area (Å²) in [5.74, 6) is 0.0672. The second kappa shape index (κ2) is 7.79. The molecule has 0 unspecified atom stereocenters. The van der Waals surface area contributed by atoms with Gasteiger partial charge >= 0.3 is 0 Å². The van der Waals surface area contributed by atoms with Crippen LogP contribution in [0.4, 0.5) is 0 Å². The van der Waals surface area contributed by atoms with Gasteiger partial charge in [0.1, 0.15) is 0 Å². The van der Waals surface area contributed by atoms with Crippen LogP contribution in [0.1, 0.15) is 33.1 Å². The number of sulfonamides is 1. The lowest BCUT2D eigenvalue weighted by molar-refractivity contribution is -0.132. The number of hydrogen-bond donors (Lipinski definition) is 2. The van der Waals surface area contributed by atoms with E-state index in [0.29, 0.717) is 45.4 Å². The van der Waals surface area contributed by atoms with Gasteiger partial charge in [0.2, 0.25) is 21.8 Å². The number of carbonyl (C=O) groups excluding carboxylic acids is 2. The van der Waals surface area contributed by atoms with Crippen LogP contribution >= 0.6 is 0 Å². The maximum Gasteiger partial charge on any atom is 0.237 e. The van der Waals surface area contributed by atoms with Gasteiger partial charge < -0.3 is 10.2 Å². The van der Waals surface area contributed by atoms with Crippen LogP contribution in [-0.4, -0.2) is 80.6 Å². The molecule has 2 fully saturated rings. The number of hydrogen-bond acceptors (Lipinski definition) is 5. The Kier molecular flexibility index (Phi) is 6.22. The van der Waals surface area contributed by atoms with E-state index in [2.05, 4.69) is 14.9 Å². The Morgan fingerprint density at radius 1 is 1.38 bits per heavy atom. The molecule has 2 saturated heterocycles. The van der Waals surface area contributed by atoms with E-state index in [1.165, 1.54) is 0 Å². The van der Waals surface area contributed by atoms with Crippen LogP contribution in [0, 0.1) is 0 Å². The van der Waals surface area contributed by atoms with Crippen molar-refractivity contribution < 1.29 is 18.0 Å². The molecular weight excluding hydrogens is 332 g/mol. The highest BCUT2D eigenvalue weighted by atomic mass is 32.2. The van der Waals surface area contributed by atoms with Gasteiger partial charge in [-0.05, 0) is 26.7 Å². The molecule has 0 aromatic heterocycles. The maximum atomic E-state index is 12.2. The van der Waals surface area contributed by atoms with Crippen LogP contribution < -0.4 is 10.0 Å². The summed E-state index contributed by atoms with van der Waals surface area (Å²) in [5.41, 5.74) is 0. The number of nitrogens with one attached hydrogen (secondary N) is 2. The number of amides is 2.